The maximum absolute atomic E-state index is 2.44. The third kappa shape index (κ3) is 1.16. The van der Waals surface area contributed by atoms with Gasteiger partial charge in [0.25, 0.3) is 0 Å². The summed E-state index contributed by atoms with van der Waals surface area (Å²) in [6.07, 6.45) is 6.89. The van der Waals surface area contributed by atoms with E-state index < -0.39 is 0 Å². The molecule has 0 radical (unpaired) electrons. The first-order valence-electron chi connectivity index (χ1n) is 7.14. The molecular weight excluding hydrogens is 242 g/mol. The summed E-state index contributed by atoms with van der Waals surface area (Å²) in [5.74, 6) is 0.546. The maximum atomic E-state index is 2.44. The molecule has 0 spiro atoms. The van der Waals surface area contributed by atoms with Gasteiger partial charge in [0.15, 0.2) is 12.2 Å². The van der Waals surface area contributed by atoms with Gasteiger partial charge in [-0.25, -0.2) is 0 Å². The van der Waals surface area contributed by atoms with Crippen molar-refractivity contribution in [2.24, 2.45) is 0 Å². The SMILES string of the molecule is C1=CC2C1c1ccccc1-c1c3ccccc3cc[n+]12. The summed E-state index contributed by atoms with van der Waals surface area (Å²) in [5.41, 5.74) is 4.22. The van der Waals surface area contributed by atoms with Gasteiger partial charge in [-0.1, -0.05) is 42.5 Å². The molecule has 0 fully saturated rings. The Bertz CT molecular complexity index is 876. The highest BCUT2D eigenvalue weighted by atomic mass is 15.0. The molecular formula is C19H14N+. The van der Waals surface area contributed by atoms with Crippen LogP contribution in [0, 0.1) is 0 Å². The number of fused-ring (bicyclic) bond motifs is 8. The van der Waals surface area contributed by atoms with E-state index in [1.165, 1.54) is 27.6 Å². The van der Waals surface area contributed by atoms with E-state index in [-0.39, 0.29) is 0 Å². The molecule has 2 aliphatic rings. The van der Waals surface area contributed by atoms with Gasteiger partial charge in [0.05, 0.1) is 16.9 Å². The molecule has 1 aliphatic heterocycles. The van der Waals surface area contributed by atoms with Gasteiger partial charge < -0.3 is 0 Å². The monoisotopic (exact) mass is 256 g/mol. The summed E-state index contributed by atoms with van der Waals surface area (Å²) in [6.45, 7) is 0. The van der Waals surface area contributed by atoms with Crippen molar-refractivity contribution in [2.75, 3.05) is 0 Å². The van der Waals surface area contributed by atoms with Gasteiger partial charge >= 0.3 is 0 Å². The minimum absolute atomic E-state index is 0.490. The molecule has 0 N–H and O–H groups in total. The van der Waals surface area contributed by atoms with Crippen molar-refractivity contribution in [1.82, 2.24) is 0 Å². The van der Waals surface area contributed by atoms with E-state index in [0.29, 0.717) is 12.0 Å². The normalized spacial score (nSPS) is 21.8. The fraction of sp³-hybridized carbons (Fsp3) is 0.105. The number of rotatable bonds is 0. The topological polar surface area (TPSA) is 3.88 Å². The highest BCUT2D eigenvalue weighted by Gasteiger charge is 2.42. The molecule has 2 heterocycles. The number of hydrogen-bond donors (Lipinski definition) is 0. The zero-order valence-corrected chi connectivity index (χ0v) is 11.0. The fourth-order valence-electron chi connectivity index (χ4n) is 3.64. The van der Waals surface area contributed by atoms with E-state index in [4.69, 9.17) is 0 Å². The summed E-state index contributed by atoms with van der Waals surface area (Å²) in [6, 6.07) is 20.2. The summed E-state index contributed by atoms with van der Waals surface area (Å²) >= 11 is 0. The van der Waals surface area contributed by atoms with Crippen LogP contribution < -0.4 is 4.57 Å². The largest absolute Gasteiger partial charge is 0.221 e. The van der Waals surface area contributed by atoms with Gasteiger partial charge in [0, 0.05) is 6.07 Å². The van der Waals surface area contributed by atoms with E-state index in [0.717, 1.165) is 0 Å². The Hall–Kier alpha value is -2.41. The van der Waals surface area contributed by atoms with Gasteiger partial charge in [-0.3, -0.25) is 0 Å². The van der Waals surface area contributed by atoms with E-state index in [1.807, 2.05) is 0 Å². The van der Waals surface area contributed by atoms with Gasteiger partial charge in [-0.15, -0.1) is 0 Å². The molecule has 5 rings (SSSR count). The third-order valence-electron chi connectivity index (χ3n) is 4.67. The summed E-state index contributed by atoms with van der Waals surface area (Å²) in [5, 5.41) is 2.66. The number of aromatic nitrogens is 1. The van der Waals surface area contributed by atoms with Crippen LogP contribution in [0.5, 0.6) is 0 Å². The average Bonchev–Trinajstić information content (AvgIpc) is 2.46. The van der Waals surface area contributed by atoms with E-state index in [1.54, 1.807) is 0 Å². The fourth-order valence-corrected chi connectivity index (χ4v) is 3.64. The highest BCUT2D eigenvalue weighted by molar-refractivity contribution is 5.94. The lowest BCUT2D eigenvalue weighted by Crippen LogP contribution is -2.49. The first kappa shape index (κ1) is 10.4. The Morgan fingerprint density at radius 2 is 1.65 bits per heavy atom. The molecule has 3 aromatic rings. The smallest absolute Gasteiger partial charge is 0.190 e. The molecule has 1 nitrogen and oxygen atoms in total. The third-order valence-corrected chi connectivity index (χ3v) is 4.67. The first-order valence-corrected chi connectivity index (χ1v) is 7.14. The van der Waals surface area contributed by atoms with Crippen molar-refractivity contribution in [3.05, 3.63) is 78.5 Å². The molecule has 1 aliphatic carbocycles. The molecule has 2 atom stereocenters. The van der Waals surface area contributed by atoms with E-state index >= 15 is 0 Å². The minimum atomic E-state index is 0.490. The standard InChI is InChI=1S/C19H14N/c1-2-6-14-13(5-1)11-12-20-18-10-9-16(18)15-7-3-4-8-17(15)19(14)20/h1-12,16,18H/q+1. The van der Waals surface area contributed by atoms with Crippen LogP contribution in [0.3, 0.4) is 0 Å². The molecule has 0 amide bonds. The van der Waals surface area contributed by atoms with E-state index in [9.17, 15) is 0 Å². The van der Waals surface area contributed by atoms with Crippen LogP contribution in [0.2, 0.25) is 0 Å². The Kier molecular flexibility index (Phi) is 1.86. The van der Waals surface area contributed by atoms with Crippen LogP contribution in [-0.2, 0) is 0 Å². The lowest BCUT2D eigenvalue weighted by Gasteiger charge is -2.32. The second kappa shape index (κ2) is 3.57. The highest BCUT2D eigenvalue weighted by Crippen LogP contribution is 2.45. The van der Waals surface area contributed by atoms with Gasteiger partial charge in [-0.05, 0) is 29.2 Å². The number of benzene rings is 2. The summed E-state index contributed by atoms with van der Waals surface area (Å²) < 4.78 is 2.44. The van der Waals surface area contributed by atoms with Crippen molar-refractivity contribution in [2.45, 2.75) is 12.0 Å². The molecule has 2 unspecified atom stereocenters. The molecule has 0 saturated heterocycles. The zero-order valence-electron chi connectivity index (χ0n) is 11.0. The first-order chi connectivity index (χ1) is 9.93. The number of hydrogen-bond acceptors (Lipinski definition) is 0. The van der Waals surface area contributed by atoms with Crippen LogP contribution in [0.15, 0.2) is 72.9 Å². The second-order valence-electron chi connectivity index (χ2n) is 5.65. The second-order valence-corrected chi connectivity index (χ2v) is 5.65. The lowest BCUT2D eigenvalue weighted by molar-refractivity contribution is -0.707. The van der Waals surface area contributed by atoms with Gasteiger partial charge in [-0.2, -0.15) is 4.57 Å². The Morgan fingerprint density at radius 1 is 0.800 bits per heavy atom. The average molecular weight is 256 g/mol. The molecule has 1 heteroatoms. The molecule has 1 aromatic heterocycles. The van der Waals surface area contributed by atoms with Crippen molar-refractivity contribution >= 4 is 10.8 Å². The molecule has 20 heavy (non-hydrogen) atoms. The predicted octanol–water partition coefficient (Wildman–Crippen LogP) is 4.00. The van der Waals surface area contributed by atoms with Crippen LogP contribution in [0.4, 0.5) is 0 Å². The molecule has 94 valence electrons. The van der Waals surface area contributed by atoms with Gasteiger partial charge in [0.1, 0.15) is 0 Å². The summed E-state index contributed by atoms with van der Waals surface area (Å²) in [4.78, 5) is 0. The van der Waals surface area contributed by atoms with E-state index in [2.05, 4.69) is 77.5 Å². The Labute approximate surface area is 117 Å². The Balaban J connectivity index is 1.97. The minimum Gasteiger partial charge on any atom is -0.190 e. The number of nitrogens with zero attached hydrogens (tertiary/aromatic N) is 1. The van der Waals surface area contributed by atoms with Crippen LogP contribution in [0.1, 0.15) is 17.5 Å². The Morgan fingerprint density at radius 3 is 2.55 bits per heavy atom. The lowest BCUT2D eigenvalue weighted by atomic mass is 9.76. The zero-order chi connectivity index (χ0) is 13.1. The van der Waals surface area contributed by atoms with Crippen molar-refractivity contribution in [1.29, 1.82) is 0 Å². The summed E-state index contributed by atoms with van der Waals surface area (Å²) in [7, 11) is 0. The quantitative estimate of drug-likeness (QED) is 0.423. The van der Waals surface area contributed by atoms with Gasteiger partial charge in [0.2, 0.25) is 5.69 Å². The molecule has 2 aromatic carbocycles. The number of pyridine rings is 1. The predicted molar refractivity (Wildman–Crippen MR) is 80.5 cm³/mol. The maximum Gasteiger partial charge on any atom is 0.221 e. The van der Waals surface area contributed by atoms with Crippen molar-refractivity contribution in [3.63, 3.8) is 0 Å². The van der Waals surface area contributed by atoms with Crippen molar-refractivity contribution in [3.8, 4) is 11.3 Å². The molecule has 0 saturated carbocycles. The van der Waals surface area contributed by atoms with Crippen LogP contribution >= 0.6 is 0 Å². The molecule has 0 bridgehead atoms. The van der Waals surface area contributed by atoms with Crippen LogP contribution in [-0.4, -0.2) is 0 Å². The van der Waals surface area contributed by atoms with Crippen LogP contribution in [0.25, 0.3) is 22.0 Å². The van der Waals surface area contributed by atoms with Crippen molar-refractivity contribution < 1.29 is 4.57 Å². The number of allylic oxidation sites excluding steroid dienone is 2.